The van der Waals surface area contributed by atoms with E-state index in [0.717, 1.165) is 129 Å². The summed E-state index contributed by atoms with van der Waals surface area (Å²) in [7, 11) is 5.21. The lowest BCUT2D eigenvalue weighted by Gasteiger charge is -2.55. The normalized spacial score (nSPS) is 22.0. The van der Waals surface area contributed by atoms with Crippen LogP contribution in [0.5, 0.6) is 23.0 Å². The smallest absolute Gasteiger partial charge is 0.259 e. The second-order valence-electron chi connectivity index (χ2n) is 17.3. The number of methoxy groups -OCH3 is 2. The van der Waals surface area contributed by atoms with Gasteiger partial charge in [0, 0.05) is 68.9 Å². The fraction of sp³-hybridized carbons (Fsp3) is 0.545. The van der Waals surface area contributed by atoms with Crippen molar-refractivity contribution in [2.24, 2.45) is 18.4 Å². The Morgan fingerprint density at radius 1 is 0.862 bits per heavy atom. The molecule has 2 aromatic carbocycles. The summed E-state index contributed by atoms with van der Waals surface area (Å²) in [5.41, 5.74) is 7.29. The van der Waals surface area contributed by atoms with Crippen molar-refractivity contribution in [3.05, 3.63) is 62.6 Å². The van der Waals surface area contributed by atoms with E-state index in [1.165, 1.54) is 0 Å². The number of carbonyl (C=O) groups is 3. The molecule has 1 spiro atoms. The zero-order valence-corrected chi connectivity index (χ0v) is 34.3. The molecule has 1 aromatic heterocycles. The van der Waals surface area contributed by atoms with Gasteiger partial charge in [-0.05, 0) is 113 Å². The van der Waals surface area contributed by atoms with E-state index < -0.39 is 11.9 Å². The molecule has 3 aromatic rings. The number of hydrogen-bond donors (Lipinski definition) is 1. The van der Waals surface area contributed by atoms with Crippen LogP contribution in [0.4, 0.5) is 5.69 Å². The van der Waals surface area contributed by atoms with Gasteiger partial charge in [-0.1, -0.05) is 0 Å². The van der Waals surface area contributed by atoms with Crippen molar-refractivity contribution in [3.8, 4) is 34.1 Å². The Bertz CT molecular complexity index is 2200. The van der Waals surface area contributed by atoms with Gasteiger partial charge in [-0.3, -0.25) is 29.4 Å². The number of rotatable bonds is 9. The van der Waals surface area contributed by atoms with Crippen LogP contribution in [0.3, 0.4) is 0 Å². The molecule has 6 aliphatic heterocycles. The number of anilines is 1. The molecule has 4 saturated heterocycles. The van der Waals surface area contributed by atoms with Crippen molar-refractivity contribution < 1.29 is 33.3 Å². The van der Waals surface area contributed by atoms with Gasteiger partial charge < -0.3 is 38.2 Å². The third-order valence-corrected chi connectivity index (χ3v) is 13.9. The van der Waals surface area contributed by atoms with Gasteiger partial charge in [0.15, 0.2) is 11.5 Å². The van der Waals surface area contributed by atoms with Gasteiger partial charge in [0.25, 0.3) is 11.5 Å². The summed E-state index contributed by atoms with van der Waals surface area (Å²) in [4.78, 5) is 59.6. The number of imide groups is 1. The van der Waals surface area contributed by atoms with Crippen LogP contribution in [0.1, 0.15) is 71.1 Å². The first-order chi connectivity index (χ1) is 28.0. The molecule has 0 aliphatic carbocycles. The van der Waals surface area contributed by atoms with Crippen molar-refractivity contribution in [3.63, 3.8) is 0 Å². The summed E-state index contributed by atoms with van der Waals surface area (Å²) in [6.07, 6.45) is 7.06. The van der Waals surface area contributed by atoms with E-state index in [1.54, 1.807) is 30.7 Å². The van der Waals surface area contributed by atoms with Gasteiger partial charge in [0.05, 0.1) is 31.0 Å². The zero-order valence-electron chi connectivity index (χ0n) is 34.3. The Balaban J connectivity index is 0.782. The van der Waals surface area contributed by atoms with Crippen molar-refractivity contribution in [2.45, 2.75) is 71.5 Å². The van der Waals surface area contributed by atoms with Gasteiger partial charge in [0.1, 0.15) is 17.5 Å². The van der Waals surface area contributed by atoms with E-state index >= 15 is 0 Å². The number of benzene rings is 2. The first-order valence-corrected chi connectivity index (χ1v) is 20.7. The average Bonchev–Trinajstić information content (AvgIpc) is 3.83. The number of nitrogens with one attached hydrogen (secondary N) is 1. The number of carbonyl (C=O) groups excluding carboxylic acids is 3. The van der Waals surface area contributed by atoms with Crippen LogP contribution in [0, 0.1) is 25.2 Å². The van der Waals surface area contributed by atoms with Gasteiger partial charge in [-0.15, -0.1) is 0 Å². The highest BCUT2D eigenvalue weighted by molar-refractivity contribution is 6.07. The molecule has 1 N–H and O–H groups in total. The fourth-order valence-corrected chi connectivity index (χ4v) is 10.3. The number of amides is 3. The average molecular weight is 795 g/mol. The summed E-state index contributed by atoms with van der Waals surface area (Å²) in [5, 5.41) is 2.38. The SMILES string of the molecule is COc1cc(-c2cn(C)c(=O)c(C)c2C)cc(OC)c1CN1CCC(CN2CCC3(CC2)CN(c2cc4c(c5c2OCO5)C(=O)N(C2CCC(=O)NC2=O)C4)C3)CC1. The van der Waals surface area contributed by atoms with E-state index in [9.17, 15) is 19.2 Å². The predicted octanol–water partition coefficient (Wildman–Crippen LogP) is 3.99. The first kappa shape index (κ1) is 38.4. The van der Waals surface area contributed by atoms with Crippen LogP contribution >= 0.6 is 0 Å². The maximum Gasteiger partial charge on any atom is 0.259 e. The maximum atomic E-state index is 13.6. The lowest BCUT2D eigenvalue weighted by molar-refractivity contribution is -0.136. The number of nitrogens with zero attached hydrogens (tertiary/aromatic N) is 5. The summed E-state index contributed by atoms with van der Waals surface area (Å²) in [6, 6.07) is 5.53. The number of likely N-dealkylation sites (tertiary alicyclic amines) is 2. The molecule has 7 heterocycles. The van der Waals surface area contributed by atoms with Crippen LogP contribution in [-0.2, 0) is 29.7 Å². The zero-order chi connectivity index (χ0) is 40.5. The Morgan fingerprint density at radius 3 is 2.22 bits per heavy atom. The Labute approximate surface area is 338 Å². The Kier molecular flexibility index (Phi) is 9.90. The third-order valence-electron chi connectivity index (χ3n) is 13.9. The molecule has 14 nitrogen and oxygen atoms in total. The third kappa shape index (κ3) is 6.67. The van der Waals surface area contributed by atoms with Crippen LogP contribution in [0.15, 0.2) is 29.2 Å². The molecule has 0 bridgehead atoms. The molecule has 4 fully saturated rings. The molecule has 58 heavy (non-hydrogen) atoms. The number of hydrogen-bond acceptors (Lipinski definition) is 11. The molecule has 1 unspecified atom stereocenters. The molecule has 1 atom stereocenters. The highest BCUT2D eigenvalue weighted by atomic mass is 16.7. The minimum absolute atomic E-state index is 0.0149. The Morgan fingerprint density at radius 2 is 1.55 bits per heavy atom. The standard InChI is InChI=1S/C44H54N6O8/c1-26-27(2)42(53)46(3)21-31(26)29-17-35(55-4)32(36(18-29)56-5)22-47-12-8-28(9-13-47)19-48-14-10-44(11-15-48)23-49(24-44)34-16-30-20-50(33-6-7-37(51)45-41(33)52)43(54)38(30)40-39(34)57-25-58-40/h16-18,21,28,33H,6-15,19-20,22-25H2,1-5H3,(H,45,51,52). The summed E-state index contributed by atoms with van der Waals surface area (Å²) < 4.78 is 25.4. The van der Waals surface area contributed by atoms with Crippen LogP contribution in [-0.4, -0.2) is 110 Å². The van der Waals surface area contributed by atoms with Crippen molar-refractivity contribution in [1.29, 1.82) is 0 Å². The molecule has 6 aliphatic rings. The molecular formula is C44H54N6O8. The maximum absolute atomic E-state index is 13.6. The Hall–Kier alpha value is -5.08. The summed E-state index contributed by atoms with van der Waals surface area (Å²) in [6.45, 7) is 12.3. The summed E-state index contributed by atoms with van der Waals surface area (Å²) in [5.74, 6) is 2.40. The van der Waals surface area contributed by atoms with Gasteiger partial charge in [0.2, 0.25) is 18.6 Å². The fourth-order valence-electron chi connectivity index (χ4n) is 10.3. The largest absolute Gasteiger partial charge is 0.496 e. The van der Waals surface area contributed by atoms with Gasteiger partial charge in [-0.25, -0.2) is 0 Å². The lowest BCUT2D eigenvalue weighted by Crippen LogP contribution is -2.60. The van der Waals surface area contributed by atoms with E-state index in [4.69, 9.17) is 18.9 Å². The van der Waals surface area contributed by atoms with E-state index in [0.29, 0.717) is 35.9 Å². The minimum atomic E-state index is -0.671. The number of pyridine rings is 1. The van der Waals surface area contributed by atoms with Crippen LogP contribution in [0.25, 0.3) is 11.1 Å². The molecular weight excluding hydrogens is 741 g/mol. The van der Waals surface area contributed by atoms with Crippen molar-refractivity contribution in [1.82, 2.24) is 24.6 Å². The molecule has 0 radical (unpaired) electrons. The number of ether oxygens (including phenoxy) is 4. The number of fused-ring (bicyclic) bond motifs is 3. The number of aryl methyl sites for hydroxylation is 1. The predicted molar refractivity (Wildman–Crippen MR) is 217 cm³/mol. The molecule has 9 rings (SSSR count). The minimum Gasteiger partial charge on any atom is -0.496 e. The second-order valence-corrected chi connectivity index (χ2v) is 17.3. The van der Waals surface area contributed by atoms with Gasteiger partial charge in [-0.2, -0.15) is 0 Å². The van der Waals surface area contributed by atoms with E-state index in [-0.39, 0.29) is 36.0 Å². The number of aromatic nitrogens is 1. The highest BCUT2D eigenvalue weighted by Gasteiger charge is 2.48. The van der Waals surface area contributed by atoms with Crippen LogP contribution in [0.2, 0.25) is 0 Å². The van der Waals surface area contributed by atoms with Crippen LogP contribution < -0.4 is 34.7 Å². The highest BCUT2D eigenvalue weighted by Crippen LogP contribution is 2.52. The quantitative estimate of drug-likeness (QED) is 0.316. The number of piperidine rings is 3. The summed E-state index contributed by atoms with van der Waals surface area (Å²) >= 11 is 0. The van der Waals surface area contributed by atoms with E-state index in [2.05, 4.69) is 38.2 Å². The van der Waals surface area contributed by atoms with E-state index in [1.807, 2.05) is 20.0 Å². The molecule has 3 amide bonds. The second kappa shape index (κ2) is 14.9. The monoisotopic (exact) mass is 794 g/mol. The van der Waals surface area contributed by atoms with Gasteiger partial charge >= 0.3 is 0 Å². The molecule has 308 valence electrons. The molecule has 0 saturated carbocycles. The topological polar surface area (TPSA) is 135 Å². The molecule has 14 heteroatoms. The van der Waals surface area contributed by atoms with Crippen molar-refractivity contribution in [2.75, 3.05) is 71.7 Å². The van der Waals surface area contributed by atoms with Crippen molar-refractivity contribution >= 4 is 23.4 Å². The lowest BCUT2D eigenvalue weighted by atomic mass is 9.71. The first-order valence-electron chi connectivity index (χ1n) is 20.7.